The zero-order valence-electron chi connectivity index (χ0n) is 18.6. The summed E-state index contributed by atoms with van der Waals surface area (Å²) in [6.07, 6.45) is 0. The highest BCUT2D eigenvalue weighted by atomic mass is 32.2. The summed E-state index contributed by atoms with van der Waals surface area (Å²) < 4.78 is 55.9. The Labute approximate surface area is 191 Å². The van der Waals surface area contributed by atoms with Crippen LogP contribution in [0.4, 0.5) is 0 Å². The van der Waals surface area contributed by atoms with Crippen molar-refractivity contribution in [3.05, 3.63) is 59.7 Å². The molecule has 0 amide bonds. The average Bonchev–Trinajstić information content (AvgIpc) is 2.74. The minimum absolute atomic E-state index is 0.0724. The van der Waals surface area contributed by atoms with Gasteiger partial charge in [-0.2, -0.15) is 8.61 Å². The molecule has 2 aromatic rings. The van der Waals surface area contributed by atoms with Crippen molar-refractivity contribution in [3.63, 3.8) is 0 Å². The van der Waals surface area contributed by atoms with Crippen LogP contribution in [-0.2, 0) is 20.0 Å². The van der Waals surface area contributed by atoms with Gasteiger partial charge in [-0.1, -0.05) is 35.4 Å². The molecule has 2 aromatic carbocycles. The van der Waals surface area contributed by atoms with Crippen molar-refractivity contribution in [3.8, 4) is 0 Å². The second-order valence-corrected chi connectivity index (χ2v) is 11.8. The standard InChI is InChI=1S/C22H32N4O4S2/c1-19-3-7-21(8-4-19)31(27,28)25-15-13-23-11-12-24-14-16-26(18-17-25)32(29,30)22-9-5-20(2)6-10-22/h3-10,23-24H,11-18H2,1-2H3. The molecular formula is C22H32N4O4S2. The molecule has 0 spiro atoms. The SMILES string of the molecule is Cc1ccc(S(=O)(=O)N2CCNCCNCCN(S(=O)(=O)c3ccc(C)cc3)CC2)cc1. The van der Waals surface area contributed by atoms with Crippen LogP contribution < -0.4 is 10.6 Å². The van der Waals surface area contributed by atoms with Crippen LogP contribution >= 0.6 is 0 Å². The van der Waals surface area contributed by atoms with Gasteiger partial charge in [0.1, 0.15) is 0 Å². The van der Waals surface area contributed by atoms with Gasteiger partial charge >= 0.3 is 0 Å². The van der Waals surface area contributed by atoms with Crippen LogP contribution in [0.5, 0.6) is 0 Å². The van der Waals surface area contributed by atoms with Crippen LogP contribution in [0.3, 0.4) is 0 Å². The summed E-state index contributed by atoms with van der Waals surface area (Å²) >= 11 is 0. The van der Waals surface area contributed by atoms with Gasteiger partial charge in [-0.05, 0) is 38.1 Å². The molecule has 0 unspecified atom stereocenters. The van der Waals surface area contributed by atoms with Crippen molar-refractivity contribution in [2.75, 3.05) is 52.4 Å². The lowest BCUT2D eigenvalue weighted by Gasteiger charge is -2.28. The molecule has 0 aliphatic carbocycles. The first kappa shape index (κ1) is 24.8. The average molecular weight is 481 g/mol. The third-order valence-corrected chi connectivity index (χ3v) is 9.30. The normalized spacial score (nSPS) is 18.6. The molecule has 1 fully saturated rings. The maximum Gasteiger partial charge on any atom is 0.243 e. The van der Waals surface area contributed by atoms with Gasteiger partial charge in [0.2, 0.25) is 20.0 Å². The van der Waals surface area contributed by atoms with Crippen LogP contribution in [0.1, 0.15) is 11.1 Å². The zero-order chi connectivity index (χ0) is 23.2. The van der Waals surface area contributed by atoms with Crippen molar-refractivity contribution >= 4 is 20.0 Å². The molecule has 3 rings (SSSR count). The van der Waals surface area contributed by atoms with E-state index < -0.39 is 20.0 Å². The third-order valence-electron chi connectivity index (χ3n) is 5.47. The maximum absolute atomic E-state index is 13.3. The molecule has 0 radical (unpaired) electrons. The summed E-state index contributed by atoms with van der Waals surface area (Å²) in [5, 5.41) is 6.48. The van der Waals surface area contributed by atoms with Gasteiger partial charge in [-0.15, -0.1) is 0 Å². The largest absolute Gasteiger partial charge is 0.314 e. The van der Waals surface area contributed by atoms with E-state index >= 15 is 0 Å². The minimum Gasteiger partial charge on any atom is -0.314 e. The molecule has 2 N–H and O–H groups in total. The van der Waals surface area contributed by atoms with Crippen LogP contribution in [0.25, 0.3) is 0 Å². The summed E-state index contributed by atoms with van der Waals surface area (Å²) in [7, 11) is -7.50. The maximum atomic E-state index is 13.3. The van der Waals surface area contributed by atoms with Crippen LogP contribution in [0.15, 0.2) is 58.3 Å². The van der Waals surface area contributed by atoms with E-state index in [1.165, 1.54) is 8.61 Å². The number of hydrogen-bond donors (Lipinski definition) is 2. The fraction of sp³-hybridized carbons (Fsp3) is 0.455. The second-order valence-electron chi connectivity index (χ2n) is 7.93. The lowest BCUT2D eigenvalue weighted by atomic mass is 10.2. The topological polar surface area (TPSA) is 98.8 Å². The van der Waals surface area contributed by atoms with Crippen molar-refractivity contribution in [1.82, 2.24) is 19.2 Å². The van der Waals surface area contributed by atoms with Crippen molar-refractivity contribution in [2.45, 2.75) is 23.6 Å². The molecule has 10 heteroatoms. The molecular weight excluding hydrogens is 448 g/mol. The van der Waals surface area contributed by atoms with Crippen molar-refractivity contribution in [1.29, 1.82) is 0 Å². The molecule has 0 atom stereocenters. The Hall–Kier alpha value is -1.82. The van der Waals surface area contributed by atoms with Gasteiger partial charge in [-0.25, -0.2) is 16.8 Å². The molecule has 8 nitrogen and oxygen atoms in total. The zero-order valence-corrected chi connectivity index (χ0v) is 20.3. The van der Waals surface area contributed by atoms with E-state index in [0.717, 1.165) is 11.1 Å². The van der Waals surface area contributed by atoms with E-state index in [1.807, 2.05) is 13.8 Å². The fourth-order valence-corrected chi connectivity index (χ4v) is 6.34. The molecule has 0 bridgehead atoms. The van der Waals surface area contributed by atoms with E-state index in [9.17, 15) is 16.8 Å². The molecule has 1 heterocycles. The summed E-state index contributed by atoms with van der Waals surface area (Å²) in [6, 6.07) is 13.4. The van der Waals surface area contributed by atoms with Gasteiger partial charge < -0.3 is 10.6 Å². The first-order chi connectivity index (χ1) is 15.2. The number of nitrogens with one attached hydrogen (secondary N) is 2. The van der Waals surface area contributed by atoms with E-state index in [0.29, 0.717) is 26.2 Å². The summed E-state index contributed by atoms with van der Waals surface area (Å²) in [5.74, 6) is 0. The van der Waals surface area contributed by atoms with Gasteiger partial charge in [0.25, 0.3) is 0 Å². The Kier molecular flexibility index (Phi) is 8.43. The molecule has 1 saturated heterocycles. The highest BCUT2D eigenvalue weighted by molar-refractivity contribution is 7.89. The lowest BCUT2D eigenvalue weighted by Crippen LogP contribution is -2.46. The van der Waals surface area contributed by atoms with Gasteiger partial charge in [0.15, 0.2) is 0 Å². The number of rotatable bonds is 4. The minimum atomic E-state index is -3.75. The van der Waals surface area contributed by atoms with Crippen LogP contribution in [-0.4, -0.2) is 77.8 Å². The number of nitrogens with zero attached hydrogens (tertiary/aromatic N) is 2. The summed E-state index contributed by atoms with van der Waals surface area (Å²) in [6.45, 7) is 6.77. The Morgan fingerprint density at radius 3 is 1.25 bits per heavy atom. The predicted molar refractivity (Wildman–Crippen MR) is 126 cm³/mol. The quantitative estimate of drug-likeness (QED) is 0.682. The Bertz CT molecular complexity index is 996. The second kappa shape index (κ2) is 10.9. The molecule has 0 saturated carbocycles. The van der Waals surface area contributed by atoms with Gasteiger partial charge in [0, 0.05) is 52.4 Å². The predicted octanol–water partition coefficient (Wildman–Crippen LogP) is 1.18. The molecule has 176 valence electrons. The summed E-state index contributed by atoms with van der Waals surface area (Å²) in [5.41, 5.74) is 1.95. The van der Waals surface area contributed by atoms with Gasteiger partial charge in [-0.3, -0.25) is 0 Å². The number of aryl methyl sites for hydroxylation is 2. The Morgan fingerprint density at radius 2 is 0.906 bits per heavy atom. The van der Waals surface area contributed by atoms with E-state index in [1.54, 1.807) is 48.5 Å². The monoisotopic (exact) mass is 480 g/mol. The van der Waals surface area contributed by atoms with Crippen LogP contribution in [0.2, 0.25) is 0 Å². The lowest BCUT2D eigenvalue weighted by molar-refractivity contribution is 0.334. The number of sulfonamides is 2. The number of hydrogen-bond acceptors (Lipinski definition) is 6. The van der Waals surface area contributed by atoms with E-state index in [2.05, 4.69) is 10.6 Å². The first-order valence-electron chi connectivity index (χ1n) is 10.8. The highest BCUT2D eigenvalue weighted by Crippen LogP contribution is 2.19. The smallest absolute Gasteiger partial charge is 0.243 e. The molecule has 1 aliphatic heterocycles. The van der Waals surface area contributed by atoms with Crippen molar-refractivity contribution < 1.29 is 16.8 Å². The molecule has 32 heavy (non-hydrogen) atoms. The fourth-order valence-electron chi connectivity index (χ4n) is 3.48. The first-order valence-corrected chi connectivity index (χ1v) is 13.6. The van der Waals surface area contributed by atoms with E-state index in [4.69, 9.17) is 0 Å². The highest BCUT2D eigenvalue weighted by Gasteiger charge is 2.29. The van der Waals surface area contributed by atoms with Crippen LogP contribution in [0, 0.1) is 13.8 Å². The molecule has 0 aromatic heterocycles. The van der Waals surface area contributed by atoms with Gasteiger partial charge in [0.05, 0.1) is 9.79 Å². The summed E-state index contributed by atoms with van der Waals surface area (Å²) in [4.78, 5) is 0.426. The van der Waals surface area contributed by atoms with E-state index in [-0.39, 0.29) is 36.0 Å². The number of benzene rings is 2. The van der Waals surface area contributed by atoms with Crippen molar-refractivity contribution in [2.24, 2.45) is 0 Å². The Morgan fingerprint density at radius 1 is 0.562 bits per heavy atom. The Balaban J connectivity index is 1.87. The third kappa shape index (κ3) is 6.15. The molecule has 1 aliphatic rings.